The van der Waals surface area contributed by atoms with Gasteiger partial charge in [0.15, 0.2) is 5.69 Å². The number of aliphatic hydroxyl groups excluding tert-OH is 1. The number of aryl methyl sites for hydroxylation is 1. The second kappa shape index (κ2) is 6.10. The molecule has 19 heavy (non-hydrogen) atoms. The van der Waals surface area contributed by atoms with Gasteiger partial charge in [-0.05, 0) is 5.56 Å². The summed E-state index contributed by atoms with van der Waals surface area (Å²) in [5.41, 5.74) is 1.28. The lowest BCUT2D eigenvalue weighted by Crippen LogP contribution is -2.33. The van der Waals surface area contributed by atoms with Crippen molar-refractivity contribution in [2.24, 2.45) is 7.05 Å². The summed E-state index contributed by atoms with van der Waals surface area (Å²) in [6, 6.07) is 9.63. The molecule has 1 atom stereocenters. The molecule has 1 heterocycles. The molecule has 0 aliphatic rings. The molecular formula is C13H16N4O2. The van der Waals surface area contributed by atoms with E-state index in [1.165, 1.54) is 10.9 Å². The van der Waals surface area contributed by atoms with Crippen LogP contribution in [0.5, 0.6) is 0 Å². The molecule has 100 valence electrons. The van der Waals surface area contributed by atoms with Crippen molar-refractivity contribution < 1.29 is 9.90 Å². The Hall–Kier alpha value is -2.21. The molecule has 0 aliphatic heterocycles. The fourth-order valence-electron chi connectivity index (χ4n) is 1.71. The van der Waals surface area contributed by atoms with Gasteiger partial charge in [0, 0.05) is 20.0 Å². The highest BCUT2D eigenvalue weighted by molar-refractivity contribution is 5.91. The number of amides is 1. The predicted molar refractivity (Wildman–Crippen MR) is 69.5 cm³/mol. The van der Waals surface area contributed by atoms with Crippen LogP contribution in [-0.2, 0) is 13.5 Å². The smallest absolute Gasteiger partial charge is 0.273 e. The average Bonchev–Trinajstić information content (AvgIpc) is 2.84. The first-order valence-corrected chi connectivity index (χ1v) is 6.01. The highest BCUT2D eigenvalue weighted by atomic mass is 16.3. The summed E-state index contributed by atoms with van der Waals surface area (Å²) in [4.78, 5) is 11.7. The Morgan fingerprint density at radius 3 is 2.79 bits per heavy atom. The molecule has 0 saturated carbocycles. The Morgan fingerprint density at radius 2 is 2.16 bits per heavy atom. The second-order valence-electron chi connectivity index (χ2n) is 4.33. The normalized spacial score (nSPS) is 12.1. The Kier molecular flexibility index (Phi) is 4.25. The number of carbonyl (C=O) groups excluding carboxylic acids is 1. The zero-order chi connectivity index (χ0) is 13.7. The van der Waals surface area contributed by atoms with Crippen molar-refractivity contribution in [1.29, 1.82) is 0 Å². The summed E-state index contributed by atoms with van der Waals surface area (Å²) >= 11 is 0. The minimum atomic E-state index is -0.622. The summed E-state index contributed by atoms with van der Waals surface area (Å²) in [6.07, 6.45) is 1.41. The van der Waals surface area contributed by atoms with E-state index in [1.54, 1.807) is 7.05 Å². The van der Waals surface area contributed by atoms with Gasteiger partial charge >= 0.3 is 0 Å². The van der Waals surface area contributed by atoms with Crippen LogP contribution in [-0.4, -0.2) is 38.7 Å². The van der Waals surface area contributed by atoms with Crippen molar-refractivity contribution in [3.8, 4) is 0 Å². The number of benzene rings is 1. The lowest BCUT2D eigenvalue weighted by Gasteiger charge is -2.11. The van der Waals surface area contributed by atoms with E-state index in [0.717, 1.165) is 5.56 Å². The van der Waals surface area contributed by atoms with Crippen LogP contribution in [0.4, 0.5) is 0 Å². The van der Waals surface area contributed by atoms with Crippen LogP contribution in [0.25, 0.3) is 0 Å². The quantitative estimate of drug-likeness (QED) is 0.802. The summed E-state index contributed by atoms with van der Waals surface area (Å²) in [6.45, 7) is 0.185. The van der Waals surface area contributed by atoms with Gasteiger partial charge in [0.1, 0.15) is 0 Å². The van der Waals surface area contributed by atoms with Crippen molar-refractivity contribution in [2.75, 3.05) is 6.54 Å². The molecule has 0 spiro atoms. The molecule has 1 amide bonds. The zero-order valence-electron chi connectivity index (χ0n) is 10.7. The number of nitrogens with zero attached hydrogens (tertiary/aromatic N) is 3. The number of nitrogens with one attached hydrogen (secondary N) is 1. The van der Waals surface area contributed by atoms with E-state index in [2.05, 4.69) is 15.6 Å². The third kappa shape index (κ3) is 3.89. The number of aromatic nitrogens is 3. The minimum absolute atomic E-state index is 0.185. The highest BCUT2D eigenvalue weighted by Gasteiger charge is 2.12. The maximum absolute atomic E-state index is 11.7. The van der Waals surface area contributed by atoms with E-state index in [-0.39, 0.29) is 18.1 Å². The van der Waals surface area contributed by atoms with E-state index < -0.39 is 6.10 Å². The van der Waals surface area contributed by atoms with Gasteiger partial charge in [-0.25, -0.2) is 0 Å². The van der Waals surface area contributed by atoms with Crippen molar-refractivity contribution in [1.82, 2.24) is 20.3 Å². The van der Waals surface area contributed by atoms with E-state index >= 15 is 0 Å². The van der Waals surface area contributed by atoms with Crippen LogP contribution >= 0.6 is 0 Å². The van der Waals surface area contributed by atoms with Crippen molar-refractivity contribution in [3.63, 3.8) is 0 Å². The molecule has 1 aromatic carbocycles. The van der Waals surface area contributed by atoms with Gasteiger partial charge < -0.3 is 10.4 Å². The second-order valence-corrected chi connectivity index (χ2v) is 4.33. The lowest BCUT2D eigenvalue weighted by molar-refractivity contribution is 0.0911. The largest absolute Gasteiger partial charge is 0.391 e. The van der Waals surface area contributed by atoms with Gasteiger partial charge in [0.05, 0.1) is 12.3 Å². The molecular weight excluding hydrogens is 244 g/mol. The zero-order valence-corrected chi connectivity index (χ0v) is 10.7. The minimum Gasteiger partial charge on any atom is -0.391 e. The molecule has 0 saturated heterocycles. The fraction of sp³-hybridized carbons (Fsp3) is 0.308. The molecule has 0 radical (unpaired) electrons. The number of rotatable bonds is 5. The molecule has 1 aromatic heterocycles. The molecule has 2 aromatic rings. The van der Waals surface area contributed by atoms with Gasteiger partial charge in [-0.2, -0.15) is 0 Å². The first-order valence-electron chi connectivity index (χ1n) is 6.01. The maximum Gasteiger partial charge on any atom is 0.273 e. The number of hydrogen-bond donors (Lipinski definition) is 2. The summed E-state index contributed by atoms with van der Waals surface area (Å²) in [5, 5.41) is 19.8. The Morgan fingerprint density at radius 1 is 1.42 bits per heavy atom. The maximum atomic E-state index is 11.7. The molecule has 2 N–H and O–H groups in total. The third-order valence-corrected chi connectivity index (χ3v) is 2.65. The van der Waals surface area contributed by atoms with Gasteiger partial charge in [-0.1, -0.05) is 35.5 Å². The summed E-state index contributed by atoms with van der Waals surface area (Å²) in [7, 11) is 1.69. The van der Waals surface area contributed by atoms with Crippen LogP contribution < -0.4 is 5.32 Å². The fourth-order valence-corrected chi connectivity index (χ4v) is 1.71. The molecule has 6 heteroatoms. The van der Waals surface area contributed by atoms with Crippen LogP contribution in [0.3, 0.4) is 0 Å². The van der Waals surface area contributed by atoms with Crippen molar-refractivity contribution in [3.05, 3.63) is 47.8 Å². The molecule has 0 unspecified atom stereocenters. The summed E-state index contributed by atoms with van der Waals surface area (Å²) < 4.78 is 1.45. The number of hydrogen-bond acceptors (Lipinski definition) is 4. The predicted octanol–water partition coefficient (Wildman–Crippen LogP) is 0.148. The lowest BCUT2D eigenvalue weighted by atomic mass is 10.1. The SMILES string of the molecule is Cn1cc(C(=O)NC[C@H](O)Cc2ccccc2)nn1. The Bertz CT molecular complexity index is 539. The number of carbonyl (C=O) groups is 1. The van der Waals surface area contributed by atoms with Crippen LogP contribution in [0.1, 0.15) is 16.1 Å². The van der Waals surface area contributed by atoms with Crippen LogP contribution in [0.2, 0.25) is 0 Å². The molecule has 2 rings (SSSR count). The molecule has 0 fully saturated rings. The average molecular weight is 260 g/mol. The van der Waals surface area contributed by atoms with Gasteiger partial charge in [-0.3, -0.25) is 9.48 Å². The Balaban J connectivity index is 1.80. The van der Waals surface area contributed by atoms with Gasteiger partial charge in [0.25, 0.3) is 5.91 Å². The van der Waals surface area contributed by atoms with E-state index in [4.69, 9.17) is 0 Å². The Labute approximate surface area is 111 Å². The van der Waals surface area contributed by atoms with Crippen LogP contribution in [0, 0.1) is 0 Å². The molecule has 0 aliphatic carbocycles. The first-order chi connectivity index (χ1) is 9.15. The van der Waals surface area contributed by atoms with Gasteiger partial charge in [0.2, 0.25) is 0 Å². The summed E-state index contributed by atoms with van der Waals surface area (Å²) in [5.74, 6) is -0.333. The van der Waals surface area contributed by atoms with Crippen molar-refractivity contribution in [2.45, 2.75) is 12.5 Å². The molecule has 6 nitrogen and oxygen atoms in total. The third-order valence-electron chi connectivity index (χ3n) is 2.65. The van der Waals surface area contributed by atoms with E-state index in [1.807, 2.05) is 30.3 Å². The van der Waals surface area contributed by atoms with Gasteiger partial charge in [-0.15, -0.1) is 5.10 Å². The van der Waals surface area contributed by atoms with E-state index in [0.29, 0.717) is 6.42 Å². The topological polar surface area (TPSA) is 80.0 Å². The van der Waals surface area contributed by atoms with Crippen molar-refractivity contribution >= 4 is 5.91 Å². The standard InChI is InChI=1S/C13H16N4O2/c1-17-9-12(15-16-17)13(19)14-8-11(18)7-10-5-3-2-4-6-10/h2-6,9,11,18H,7-8H2,1H3,(H,14,19)/t11-/m1/s1. The monoisotopic (exact) mass is 260 g/mol. The molecule has 0 bridgehead atoms. The van der Waals surface area contributed by atoms with Crippen LogP contribution in [0.15, 0.2) is 36.5 Å². The van der Waals surface area contributed by atoms with E-state index in [9.17, 15) is 9.90 Å². The highest BCUT2D eigenvalue weighted by Crippen LogP contribution is 2.02. The first kappa shape index (κ1) is 13.2. The number of aliphatic hydroxyl groups is 1.